The summed E-state index contributed by atoms with van der Waals surface area (Å²) in [5, 5.41) is 8.54. The first-order valence-corrected chi connectivity index (χ1v) is 5.68. The van der Waals surface area contributed by atoms with Crippen LogP contribution in [-0.4, -0.2) is 9.97 Å². The van der Waals surface area contributed by atoms with Crippen molar-refractivity contribution in [3.63, 3.8) is 0 Å². The van der Waals surface area contributed by atoms with Crippen molar-refractivity contribution >= 4 is 11.0 Å². The summed E-state index contributed by atoms with van der Waals surface area (Å²) < 4.78 is 0. The van der Waals surface area contributed by atoms with Gasteiger partial charge < -0.3 is 4.98 Å². The minimum absolute atomic E-state index is 0.571. The number of hydrogen-bond acceptors (Lipinski definition) is 2. The molecule has 0 radical (unpaired) electrons. The number of fused-ring (bicyclic) bond motifs is 1. The quantitative estimate of drug-likeness (QED) is 0.848. The summed E-state index contributed by atoms with van der Waals surface area (Å²) in [5.74, 6) is 1.05. The summed E-state index contributed by atoms with van der Waals surface area (Å²) in [6.07, 6.45) is 3.47. The minimum Gasteiger partial charge on any atom is -0.342 e. The highest BCUT2D eigenvalue weighted by atomic mass is 14.9. The average molecular weight is 213 g/mol. The van der Waals surface area contributed by atoms with E-state index in [4.69, 9.17) is 5.26 Å². The third-order valence-electron chi connectivity index (χ3n) is 2.61. The molecule has 3 heteroatoms. The van der Waals surface area contributed by atoms with Crippen molar-refractivity contribution < 1.29 is 0 Å². The molecule has 0 aliphatic rings. The number of H-pyrrole nitrogens is 1. The number of imidazole rings is 1. The lowest BCUT2D eigenvalue weighted by Crippen LogP contribution is -1.84. The van der Waals surface area contributed by atoms with Gasteiger partial charge in [-0.15, -0.1) is 0 Å². The van der Waals surface area contributed by atoms with Gasteiger partial charge in [-0.3, -0.25) is 0 Å². The summed E-state index contributed by atoms with van der Waals surface area (Å²) in [7, 11) is 0. The van der Waals surface area contributed by atoms with Gasteiger partial charge in [-0.2, -0.15) is 5.26 Å². The third-order valence-corrected chi connectivity index (χ3v) is 2.61. The first-order chi connectivity index (χ1) is 7.83. The predicted octanol–water partition coefficient (Wildman–Crippen LogP) is 2.97. The number of nitrogens with zero attached hydrogens (tertiary/aromatic N) is 2. The number of hydrogen-bond donors (Lipinski definition) is 1. The van der Waals surface area contributed by atoms with Gasteiger partial charge in [0.1, 0.15) is 5.82 Å². The van der Waals surface area contributed by atoms with Crippen molar-refractivity contribution in [1.82, 2.24) is 9.97 Å². The molecule has 0 aliphatic heterocycles. The van der Waals surface area contributed by atoms with Crippen molar-refractivity contribution in [3.8, 4) is 6.07 Å². The van der Waals surface area contributed by atoms with Gasteiger partial charge in [0.25, 0.3) is 0 Å². The molecule has 0 saturated heterocycles. The van der Waals surface area contributed by atoms with Crippen LogP contribution in [0.3, 0.4) is 0 Å². The SMILES string of the molecule is CCCc1nc2ccc(CCC#N)cc2[nH]1. The number of aromatic amines is 1. The lowest BCUT2D eigenvalue weighted by Gasteiger charge is -1.95. The van der Waals surface area contributed by atoms with E-state index >= 15 is 0 Å². The number of aromatic nitrogens is 2. The molecule has 2 aromatic rings. The molecule has 16 heavy (non-hydrogen) atoms. The van der Waals surface area contributed by atoms with Crippen LogP contribution in [0.1, 0.15) is 31.2 Å². The van der Waals surface area contributed by atoms with E-state index in [0.29, 0.717) is 6.42 Å². The summed E-state index contributed by atoms with van der Waals surface area (Å²) in [6.45, 7) is 2.14. The zero-order valence-corrected chi connectivity index (χ0v) is 9.45. The fourth-order valence-corrected chi connectivity index (χ4v) is 1.82. The molecule has 1 aromatic heterocycles. The third kappa shape index (κ3) is 2.22. The standard InChI is InChI=1S/C13H15N3/c1-2-4-13-15-11-7-6-10(5-3-8-14)9-12(11)16-13/h6-7,9H,2-5H2,1H3,(H,15,16). The Balaban J connectivity index is 2.27. The molecule has 0 unspecified atom stereocenters. The Bertz CT molecular complexity index is 519. The van der Waals surface area contributed by atoms with Crippen LogP contribution in [0.15, 0.2) is 18.2 Å². The van der Waals surface area contributed by atoms with Gasteiger partial charge in [0.2, 0.25) is 0 Å². The van der Waals surface area contributed by atoms with Crippen molar-refractivity contribution in [3.05, 3.63) is 29.6 Å². The summed E-state index contributed by atoms with van der Waals surface area (Å²) >= 11 is 0. The van der Waals surface area contributed by atoms with Crippen LogP contribution in [0.2, 0.25) is 0 Å². The molecular formula is C13H15N3. The molecule has 2 rings (SSSR count). The molecule has 1 heterocycles. The fraction of sp³-hybridized carbons (Fsp3) is 0.385. The van der Waals surface area contributed by atoms with Gasteiger partial charge in [0.05, 0.1) is 17.1 Å². The Morgan fingerprint density at radius 2 is 2.25 bits per heavy atom. The second-order valence-electron chi connectivity index (χ2n) is 3.94. The smallest absolute Gasteiger partial charge is 0.107 e. The van der Waals surface area contributed by atoms with Crippen LogP contribution in [0.4, 0.5) is 0 Å². The van der Waals surface area contributed by atoms with Crippen LogP contribution in [-0.2, 0) is 12.8 Å². The van der Waals surface area contributed by atoms with E-state index in [1.807, 2.05) is 6.07 Å². The topological polar surface area (TPSA) is 52.5 Å². The highest BCUT2D eigenvalue weighted by Crippen LogP contribution is 2.15. The van der Waals surface area contributed by atoms with Crippen molar-refractivity contribution in [2.45, 2.75) is 32.6 Å². The minimum atomic E-state index is 0.571. The number of benzene rings is 1. The fourth-order valence-electron chi connectivity index (χ4n) is 1.82. The Labute approximate surface area is 95.1 Å². The molecule has 1 N–H and O–H groups in total. The van der Waals surface area contributed by atoms with E-state index in [1.54, 1.807) is 0 Å². The van der Waals surface area contributed by atoms with E-state index in [1.165, 1.54) is 5.56 Å². The van der Waals surface area contributed by atoms with Gasteiger partial charge >= 0.3 is 0 Å². The first-order valence-electron chi connectivity index (χ1n) is 5.68. The lowest BCUT2D eigenvalue weighted by atomic mass is 10.1. The van der Waals surface area contributed by atoms with E-state index in [2.05, 4.69) is 35.1 Å². The van der Waals surface area contributed by atoms with Crippen molar-refractivity contribution in [1.29, 1.82) is 5.26 Å². The highest BCUT2D eigenvalue weighted by molar-refractivity contribution is 5.75. The second kappa shape index (κ2) is 4.80. The Kier molecular flexibility index (Phi) is 3.21. The maximum atomic E-state index is 8.54. The van der Waals surface area contributed by atoms with Gasteiger partial charge in [-0.05, 0) is 30.5 Å². The zero-order valence-electron chi connectivity index (χ0n) is 9.45. The molecule has 0 spiro atoms. The molecule has 0 saturated carbocycles. The van der Waals surface area contributed by atoms with Gasteiger partial charge in [0.15, 0.2) is 0 Å². The van der Waals surface area contributed by atoms with Gasteiger partial charge in [-0.25, -0.2) is 4.98 Å². The molecular weight excluding hydrogens is 198 g/mol. The first kappa shape index (κ1) is 10.7. The molecule has 3 nitrogen and oxygen atoms in total. The molecule has 82 valence electrons. The average Bonchev–Trinajstić information content (AvgIpc) is 2.68. The van der Waals surface area contributed by atoms with E-state index in [-0.39, 0.29) is 0 Å². The number of nitrogens with one attached hydrogen (secondary N) is 1. The lowest BCUT2D eigenvalue weighted by molar-refractivity contribution is 0.861. The predicted molar refractivity (Wildman–Crippen MR) is 64.0 cm³/mol. The molecule has 0 atom stereocenters. The maximum absolute atomic E-state index is 8.54. The molecule has 0 amide bonds. The Hall–Kier alpha value is -1.82. The Morgan fingerprint density at radius 3 is 3.00 bits per heavy atom. The largest absolute Gasteiger partial charge is 0.342 e. The normalized spacial score (nSPS) is 10.5. The van der Waals surface area contributed by atoms with Crippen LogP contribution in [0.5, 0.6) is 0 Å². The zero-order chi connectivity index (χ0) is 11.4. The summed E-state index contributed by atoms with van der Waals surface area (Å²) in [6, 6.07) is 8.34. The number of aryl methyl sites for hydroxylation is 2. The van der Waals surface area contributed by atoms with E-state index in [9.17, 15) is 0 Å². The summed E-state index contributed by atoms with van der Waals surface area (Å²) in [4.78, 5) is 7.82. The van der Waals surface area contributed by atoms with Crippen molar-refractivity contribution in [2.24, 2.45) is 0 Å². The van der Waals surface area contributed by atoms with Crippen LogP contribution in [0, 0.1) is 11.3 Å². The van der Waals surface area contributed by atoms with Crippen molar-refractivity contribution in [2.75, 3.05) is 0 Å². The van der Waals surface area contributed by atoms with E-state index in [0.717, 1.165) is 36.1 Å². The van der Waals surface area contributed by atoms with Crippen LogP contribution >= 0.6 is 0 Å². The van der Waals surface area contributed by atoms with Gasteiger partial charge in [-0.1, -0.05) is 13.0 Å². The monoisotopic (exact) mass is 213 g/mol. The molecule has 0 fully saturated rings. The second-order valence-corrected chi connectivity index (χ2v) is 3.94. The van der Waals surface area contributed by atoms with E-state index < -0.39 is 0 Å². The molecule has 0 aliphatic carbocycles. The molecule has 0 bridgehead atoms. The van der Waals surface area contributed by atoms with Crippen LogP contribution in [0.25, 0.3) is 11.0 Å². The summed E-state index contributed by atoms with van der Waals surface area (Å²) in [5.41, 5.74) is 3.30. The highest BCUT2D eigenvalue weighted by Gasteiger charge is 2.02. The van der Waals surface area contributed by atoms with Gasteiger partial charge in [0, 0.05) is 12.8 Å². The maximum Gasteiger partial charge on any atom is 0.107 e. The Morgan fingerprint density at radius 1 is 1.38 bits per heavy atom. The number of rotatable bonds is 4. The van der Waals surface area contributed by atoms with Crippen LogP contribution < -0.4 is 0 Å². The number of nitriles is 1. The molecule has 1 aromatic carbocycles.